The minimum absolute atomic E-state index is 0.0267. The smallest absolute Gasteiger partial charge is 0.375 e. The Hall–Kier alpha value is -3.12. The van der Waals surface area contributed by atoms with Gasteiger partial charge in [-0.25, -0.2) is 4.79 Å². The maximum absolute atomic E-state index is 12.7. The van der Waals surface area contributed by atoms with E-state index in [0.29, 0.717) is 11.1 Å². The number of para-hydroxylation sites is 2. The number of hydrogen-bond donors (Lipinski definition) is 0. The molecule has 144 valence electrons. The van der Waals surface area contributed by atoms with E-state index in [0.717, 1.165) is 23.1 Å². The van der Waals surface area contributed by atoms with Crippen molar-refractivity contribution in [1.82, 2.24) is 0 Å². The fourth-order valence-electron chi connectivity index (χ4n) is 3.76. The molecule has 1 aromatic heterocycles. The second-order valence-electron chi connectivity index (χ2n) is 6.86. The molecule has 2 aromatic carbocycles. The second kappa shape index (κ2) is 7.48. The number of fused-ring (bicyclic) bond motifs is 2. The average Bonchev–Trinajstić information content (AvgIpc) is 3.23. The van der Waals surface area contributed by atoms with E-state index in [1.54, 1.807) is 18.1 Å². The largest absolute Gasteiger partial charge is 0.450 e. The summed E-state index contributed by atoms with van der Waals surface area (Å²) in [6, 6.07) is 15.1. The van der Waals surface area contributed by atoms with Crippen LogP contribution in [0.2, 0.25) is 0 Å². The molecule has 0 N–H and O–H groups in total. The van der Waals surface area contributed by atoms with Gasteiger partial charge in [-0.2, -0.15) is 0 Å². The van der Waals surface area contributed by atoms with Crippen molar-refractivity contribution < 1.29 is 23.5 Å². The summed E-state index contributed by atoms with van der Waals surface area (Å²) in [5.41, 5.74) is 3.19. The molecule has 0 fully saturated rings. The molecule has 1 atom stereocenters. The number of carbonyl (C=O) groups is 2. The molecule has 0 saturated heterocycles. The molecule has 1 amide bonds. The normalized spacial score (nSPS) is 15.6. The van der Waals surface area contributed by atoms with Crippen molar-refractivity contribution in [1.29, 1.82) is 0 Å². The molecule has 1 aliphatic heterocycles. The number of anilines is 1. The van der Waals surface area contributed by atoms with Gasteiger partial charge < -0.3 is 18.8 Å². The number of amides is 1. The van der Waals surface area contributed by atoms with E-state index < -0.39 is 5.97 Å². The Labute approximate surface area is 162 Å². The predicted molar refractivity (Wildman–Crippen MR) is 104 cm³/mol. The zero-order valence-electron chi connectivity index (χ0n) is 15.8. The summed E-state index contributed by atoms with van der Waals surface area (Å²) < 4.78 is 16.2. The average molecular weight is 379 g/mol. The lowest BCUT2D eigenvalue weighted by molar-refractivity contribution is -0.122. The van der Waals surface area contributed by atoms with E-state index in [1.165, 1.54) is 0 Å². The van der Waals surface area contributed by atoms with Crippen molar-refractivity contribution in [2.24, 2.45) is 0 Å². The van der Waals surface area contributed by atoms with Crippen LogP contribution < -0.4 is 4.90 Å². The van der Waals surface area contributed by atoms with Crippen molar-refractivity contribution in [3.8, 4) is 0 Å². The summed E-state index contributed by atoms with van der Waals surface area (Å²) in [6.45, 7) is 1.85. The van der Waals surface area contributed by atoms with E-state index in [1.807, 2.05) is 49.4 Å². The lowest BCUT2D eigenvalue weighted by Gasteiger charge is -2.22. The first-order chi connectivity index (χ1) is 13.6. The van der Waals surface area contributed by atoms with Crippen LogP contribution in [0.25, 0.3) is 11.0 Å². The number of esters is 1. The minimum atomic E-state index is -0.670. The summed E-state index contributed by atoms with van der Waals surface area (Å²) in [5, 5.41) is 0.796. The fraction of sp³-hybridized carbons (Fsp3) is 0.273. The van der Waals surface area contributed by atoms with Gasteiger partial charge in [-0.05, 0) is 31.0 Å². The van der Waals surface area contributed by atoms with Gasteiger partial charge >= 0.3 is 5.97 Å². The number of furan rings is 1. The Morgan fingerprint density at radius 3 is 2.71 bits per heavy atom. The maximum atomic E-state index is 12.7. The number of ether oxygens (including phenoxy) is 2. The first kappa shape index (κ1) is 18.3. The quantitative estimate of drug-likeness (QED) is 0.632. The first-order valence-electron chi connectivity index (χ1n) is 9.16. The van der Waals surface area contributed by atoms with Gasteiger partial charge in [0.25, 0.3) is 5.91 Å². The highest BCUT2D eigenvalue weighted by atomic mass is 16.5. The van der Waals surface area contributed by atoms with E-state index >= 15 is 0 Å². The number of rotatable bonds is 5. The van der Waals surface area contributed by atoms with Crippen LogP contribution in [0.3, 0.4) is 0 Å². The van der Waals surface area contributed by atoms with Crippen LogP contribution in [0.1, 0.15) is 28.6 Å². The molecule has 0 radical (unpaired) electrons. The molecule has 0 saturated carbocycles. The molecular weight excluding hydrogens is 358 g/mol. The van der Waals surface area contributed by atoms with Crippen LogP contribution in [0.4, 0.5) is 5.69 Å². The third kappa shape index (κ3) is 3.16. The van der Waals surface area contributed by atoms with E-state index in [2.05, 4.69) is 0 Å². The zero-order chi connectivity index (χ0) is 19.7. The molecule has 6 nitrogen and oxygen atoms in total. The van der Waals surface area contributed by atoms with Gasteiger partial charge in [0.05, 0.1) is 6.61 Å². The Morgan fingerprint density at radius 1 is 1.14 bits per heavy atom. The first-order valence-corrected chi connectivity index (χ1v) is 9.16. The Morgan fingerprint density at radius 2 is 1.89 bits per heavy atom. The van der Waals surface area contributed by atoms with Gasteiger partial charge in [0.1, 0.15) is 5.58 Å². The number of hydrogen-bond acceptors (Lipinski definition) is 5. The van der Waals surface area contributed by atoms with Gasteiger partial charge in [0.2, 0.25) is 5.76 Å². The number of benzene rings is 2. The van der Waals surface area contributed by atoms with Crippen molar-refractivity contribution in [2.45, 2.75) is 26.0 Å². The van der Waals surface area contributed by atoms with Crippen molar-refractivity contribution in [2.75, 3.05) is 18.6 Å². The van der Waals surface area contributed by atoms with Crippen LogP contribution in [-0.4, -0.2) is 31.6 Å². The topological polar surface area (TPSA) is 69.0 Å². The second-order valence-corrected chi connectivity index (χ2v) is 6.86. The maximum Gasteiger partial charge on any atom is 0.375 e. The Balaban J connectivity index is 1.51. The molecule has 0 bridgehead atoms. The van der Waals surface area contributed by atoms with E-state index in [4.69, 9.17) is 13.9 Å². The van der Waals surface area contributed by atoms with Crippen LogP contribution in [0, 0.1) is 0 Å². The third-order valence-electron chi connectivity index (χ3n) is 4.98. The highest BCUT2D eigenvalue weighted by molar-refractivity contribution is 6.00. The molecule has 0 aliphatic carbocycles. The van der Waals surface area contributed by atoms with Crippen molar-refractivity contribution in [3.05, 3.63) is 65.4 Å². The van der Waals surface area contributed by atoms with E-state index in [-0.39, 0.29) is 30.9 Å². The molecule has 3 aromatic rings. The monoisotopic (exact) mass is 379 g/mol. The standard InChI is InChI=1S/C22H21NO5/c1-14-11-15-7-3-5-9-18(15)23(14)20(24)13-27-22(25)21-17(12-26-2)16-8-4-6-10-19(16)28-21/h3-10,14H,11-13H2,1-2H3/t14-/m1/s1. The predicted octanol–water partition coefficient (Wildman–Crippen LogP) is 3.71. The third-order valence-corrected chi connectivity index (χ3v) is 4.98. The van der Waals surface area contributed by atoms with Gasteiger partial charge in [-0.1, -0.05) is 36.4 Å². The minimum Gasteiger partial charge on any atom is -0.450 e. The number of carbonyl (C=O) groups excluding carboxylic acids is 2. The highest BCUT2D eigenvalue weighted by Gasteiger charge is 2.31. The molecule has 0 unspecified atom stereocenters. The van der Waals surface area contributed by atoms with Crippen LogP contribution in [-0.2, 0) is 27.3 Å². The molecule has 6 heteroatoms. The summed E-state index contributed by atoms with van der Waals surface area (Å²) in [5.74, 6) is -0.849. The summed E-state index contributed by atoms with van der Waals surface area (Å²) in [6.07, 6.45) is 0.789. The van der Waals surface area contributed by atoms with Gasteiger partial charge in [-0.3, -0.25) is 4.79 Å². The van der Waals surface area contributed by atoms with Gasteiger partial charge in [0, 0.05) is 29.8 Å². The van der Waals surface area contributed by atoms with Crippen molar-refractivity contribution in [3.63, 3.8) is 0 Å². The van der Waals surface area contributed by atoms with Crippen LogP contribution in [0.5, 0.6) is 0 Å². The molecule has 28 heavy (non-hydrogen) atoms. The highest BCUT2D eigenvalue weighted by Crippen LogP contribution is 2.32. The van der Waals surface area contributed by atoms with Crippen LogP contribution >= 0.6 is 0 Å². The molecule has 4 rings (SSSR count). The SMILES string of the molecule is COCc1c(C(=O)OCC(=O)N2c3ccccc3C[C@H]2C)oc2ccccc12. The Bertz CT molecular complexity index is 1040. The summed E-state index contributed by atoms with van der Waals surface area (Å²) in [7, 11) is 1.55. The fourth-order valence-corrected chi connectivity index (χ4v) is 3.76. The lowest BCUT2D eigenvalue weighted by atomic mass is 10.1. The molecular formula is C22H21NO5. The van der Waals surface area contributed by atoms with Crippen LogP contribution in [0.15, 0.2) is 52.9 Å². The van der Waals surface area contributed by atoms with Gasteiger partial charge in [-0.15, -0.1) is 0 Å². The summed E-state index contributed by atoms with van der Waals surface area (Å²) >= 11 is 0. The Kier molecular flexibility index (Phi) is 4.88. The molecule has 2 heterocycles. The lowest BCUT2D eigenvalue weighted by Crippen LogP contribution is -2.38. The zero-order valence-corrected chi connectivity index (χ0v) is 15.8. The van der Waals surface area contributed by atoms with E-state index in [9.17, 15) is 9.59 Å². The number of nitrogens with zero attached hydrogens (tertiary/aromatic N) is 1. The molecule has 0 spiro atoms. The summed E-state index contributed by atoms with van der Waals surface area (Å²) in [4.78, 5) is 27.0. The van der Waals surface area contributed by atoms with Gasteiger partial charge in [0.15, 0.2) is 6.61 Å². The molecule has 1 aliphatic rings. The van der Waals surface area contributed by atoms with Crippen molar-refractivity contribution >= 4 is 28.5 Å². The number of methoxy groups -OCH3 is 1.